The Labute approximate surface area is 181 Å². The largest absolute Gasteiger partial charge is 0.488 e. The topological polar surface area (TPSA) is 84.8 Å². The Bertz CT molecular complexity index is 1100. The van der Waals surface area contributed by atoms with Gasteiger partial charge in [0.25, 0.3) is 0 Å². The Morgan fingerprint density at radius 3 is 2.71 bits per heavy atom. The van der Waals surface area contributed by atoms with Crippen molar-refractivity contribution in [2.75, 3.05) is 29.2 Å². The van der Waals surface area contributed by atoms with Gasteiger partial charge in [-0.25, -0.2) is 9.37 Å². The lowest BCUT2D eigenvalue weighted by molar-refractivity contribution is 0.425. The summed E-state index contributed by atoms with van der Waals surface area (Å²) in [6.45, 7) is 2.47. The predicted octanol–water partition coefficient (Wildman–Crippen LogP) is 2.06. The minimum atomic E-state index is -1.53. The van der Waals surface area contributed by atoms with Gasteiger partial charge >= 0.3 is 7.12 Å². The molecule has 0 saturated carbocycles. The van der Waals surface area contributed by atoms with Crippen LogP contribution in [0.4, 0.5) is 27.5 Å². The van der Waals surface area contributed by atoms with Gasteiger partial charge < -0.3 is 25.2 Å². The number of benzene rings is 2. The van der Waals surface area contributed by atoms with E-state index in [2.05, 4.69) is 17.2 Å². The van der Waals surface area contributed by atoms with Gasteiger partial charge in [-0.3, -0.25) is 0 Å². The molecule has 160 valence electrons. The summed E-state index contributed by atoms with van der Waals surface area (Å²) in [4.78, 5) is 13.3. The number of nitrogens with zero attached hydrogens (tertiary/aromatic N) is 4. The number of rotatable bonds is 6. The van der Waals surface area contributed by atoms with Crippen LogP contribution in [0.5, 0.6) is 0 Å². The van der Waals surface area contributed by atoms with Crippen molar-refractivity contribution in [2.24, 2.45) is 0 Å². The molecular formula is C22H25BFN5O2. The number of hydrogen-bond donors (Lipinski definition) is 3. The molecule has 0 amide bonds. The van der Waals surface area contributed by atoms with Gasteiger partial charge in [0.05, 0.1) is 11.9 Å². The van der Waals surface area contributed by atoms with Crippen LogP contribution in [0.1, 0.15) is 18.1 Å². The van der Waals surface area contributed by atoms with Crippen LogP contribution in [0.15, 0.2) is 48.7 Å². The summed E-state index contributed by atoms with van der Waals surface area (Å²) in [5.41, 5.74) is 3.88. The van der Waals surface area contributed by atoms with E-state index in [1.807, 2.05) is 36.0 Å². The van der Waals surface area contributed by atoms with Crippen molar-refractivity contribution in [3.63, 3.8) is 0 Å². The highest BCUT2D eigenvalue weighted by atomic mass is 19.1. The van der Waals surface area contributed by atoms with Gasteiger partial charge in [-0.05, 0) is 48.1 Å². The van der Waals surface area contributed by atoms with Crippen molar-refractivity contribution in [3.05, 3.63) is 65.6 Å². The van der Waals surface area contributed by atoms with E-state index in [0.717, 1.165) is 22.5 Å². The number of fused-ring (bicyclic) bond motifs is 1. The van der Waals surface area contributed by atoms with E-state index in [1.165, 1.54) is 12.1 Å². The van der Waals surface area contributed by atoms with Crippen LogP contribution in [0.2, 0.25) is 0 Å². The molecule has 1 aliphatic rings. The van der Waals surface area contributed by atoms with Crippen LogP contribution in [-0.4, -0.2) is 47.3 Å². The normalized spacial score (nSPS) is 15.0. The molecule has 0 fully saturated rings. The summed E-state index contributed by atoms with van der Waals surface area (Å²) < 4.78 is 13.5. The van der Waals surface area contributed by atoms with E-state index in [4.69, 9.17) is 4.98 Å². The number of hydrogen-bond acceptors (Lipinski definition) is 7. The molecule has 0 saturated heterocycles. The first-order valence-corrected chi connectivity index (χ1v) is 10.1. The maximum Gasteiger partial charge on any atom is 0.488 e. The third-order valence-corrected chi connectivity index (χ3v) is 5.47. The SMILES string of the molecule is CC1Cc2c(B(O)O)cccc2N1c1ncc(N(C)C)c(NCc2cccc(F)c2)n1. The van der Waals surface area contributed by atoms with Crippen LogP contribution < -0.4 is 20.6 Å². The molecule has 0 radical (unpaired) electrons. The van der Waals surface area contributed by atoms with Crippen LogP contribution in [0.3, 0.4) is 0 Å². The molecule has 1 aliphatic heterocycles. The Morgan fingerprint density at radius 2 is 2.00 bits per heavy atom. The first kappa shape index (κ1) is 21.1. The first-order chi connectivity index (χ1) is 14.8. The number of anilines is 4. The lowest BCUT2D eigenvalue weighted by Gasteiger charge is -2.25. The highest BCUT2D eigenvalue weighted by molar-refractivity contribution is 6.59. The predicted molar refractivity (Wildman–Crippen MR) is 122 cm³/mol. The second-order valence-electron chi connectivity index (χ2n) is 7.92. The minimum Gasteiger partial charge on any atom is -0.423 e. The average molecular weight is 421 g/mol. The molecule has 1 aromatic heterocycles. The second-order valence-corrected chi connectivity index (χ2v) is 7.92. The minimum absolute atomic E-state index is 0.0520. The van der Waals surface area contributed by atoms with Crippen LogP contribution in [0, 0.1) is 5.82 Å². The summed E-state index contributed by atoms with van der Waals surface area (Å²) in [7, 11) is 2.30. The van der Waals surface area contributed by atoms with Gasteiger partial charge in [0.15, 0.2) is 5.82 Å². The quantitative estimate of drug-likeness (QED) is 0.526. The van der Waals surface area contributed by atoms with E-state index < -0.39 is 7.12 Å². The lowest BCUT2D eigenvalue weighted by atomic mass is 9.76. The van der Waals surface area contributed by atoms with E-state index in [0.29, 0.717) is 30.2 Å². The number of aromatic nitrogens is 2. The summed E-state index contributed by atoms with van der Waals surface area (Å²) in [5, 5.41) is 22.8. The van der Waals surface area contributed by atoms with Crippen molar-refractivity contribution in [2.45, 2.75) is 25.9 Å². The zero-order valence-electron chi connectivity index (χ0n) is 17.7. The molecule has 1 atom stereocenters. The smallest absolute Gasteiger partial charge is 0.423 e. The molecule has 3 N–H and O–H groups in total. The zero-order valence-corrected chi connectivity index (χ0v) is 17.7. The van der Waals surface area contributed by atoms with Crippen molar-refractivity contribution < 1.29 is 14.4 Å². The summed E-state index contributed by atoms with van der Waals surface area (Å²) in [6, 6.07) is 12.0. The highest BCUT2D eigenvalue weighted by Gasteiger charge is 2.33. The van der Waals surface area contributed by atoms with E-state index in [1.54, 1.807) is 24.4 Å². The maximum atomic E-state index is 13.5. The molecule has 2 aromatic carbocycles. The van der Waals surface area contributed by atoms with Crippen molar-refractivity contribution >= 4 is 35.7 Å². The number of halogens is 1. The molecule has 0 aliphatic carbocycles. The van der Waals surface area contributed by atoms with Crippen molar-refractivity contribution in [1.29, 1.82) is 0 Å². The third-order valence-electron chi connectivity index (χ3n) is 5.47. The van der Waals surface area contributed by atoms with E-state index in [-0.39, 0.29) is 11.9 Å². The van der Waals surface area contributed by atoms with Crippen LogP contribution >= 0.6 is 0 Å². The monoisotopic (exact) mass is 421 g/mol. The van der Waals surface area contributed by atoms with Gasteiger partial charge in [0.1, 0.15) is 5.82 Å². The van der Waals surface area contributed by atoms with Gasteiger partial charge in [-0.15, -0.1) is 0 Å². The highest BCUT2D eigenvalue weighted by Crippen LogP contribution is 2.37. The van der Waals surface area contributed by atoms with Gasteiger partial charge in [-0.2, -0.15) is 4.98 Å². The first-order valence-electron chi connectivity index (χ1n) is 10.1. The molecule has 0 bridgehead atoms. The maximum absolute atomic E-state index is 13.5. The van der Waals surface area contributed by atoms with Crippen molar-refractivity contribution in [3.8, 4) is 0 Å². The molecule has 9 heteroatoms. The Hall–Kier alpha value is -3.17. The standard InChI is InChI=1S/C22H25BFN5O2/c1-14-10-17-18(23(30)31)8-5-9-19(17)29(14)22-26-13-20(28(2)3)21(27-22)25-12-15-6-4-7-16(24)11-15/h4-9,11,13-14,30-31H,10,12H2,1-3H3,(H,25,26,27). The van der Waals surface area contributed by atoms with Crippen LogP contribution in [0.25, 0.3) is 0 Å². The van der Waals surface area contributed by atoms with E-state index >= 15 is 0 Å². The molecular weight excluding hydrogens is 396 g/mol. The summed E-state index contributed by atoms with van der Waals surface area (Å²) >= 11 is 0. The van der Waals surface area contributed by atoms with Crippen molar-refractivity contribution in [1.82, 2.24) is 9.97 Å². The Morgan fingerprint density at radius 1 is 1.23 bits per heavy atom. The fourth-order valence-corrected chi connectivity index (χ4v) is 3.98. The molecule has 31 heavy (non-hydrogen) atoms. The number of nitrogens with one attached hydrogen (secondary N) is 1. The molecule has 0 spiro atoms. The van der Waals surface area contributed by atoms with Crippen LogP contribution in [-0.2, 0) is 13.0 Å². The summed E-state index contributed by atoms with van der Waals surface area (Å²) in [5.74, 6) is 0.876. The zero-order chi connectivity index (χ0) is 22.1. The second kappa shape index (κ2) is 8.53. The fourth-order valence-electron chi connectivity index (χ4n) is 3.98. The lowest BCUT2D eigenvalue weighted by Crippen LogP contribution is -2.32. The third kappa shape index (κ3) is 4.19. The molecule has 3 aromatic rings. The van der Waals surface area contributed by atoms with E-state index in [9.17, 15) is 14.4 Å². The van der Waals surface area contributed by atoms with Gasteiger partial charge in [-0.1, -0.05) is 24.3 Å². The molecule has 7 nitrogen and oxygen atoms in total. The molecule has 2 heterocycles. The van der Waals surface area contributed by atoms with Gasteiger partial charge in [0, 0.05) is 32.4 Å². The fraction of sp³-hybridized carbons (Fsp3) is 0.273. The Kier molecular flexibility index (Phi) is 5.80. The van der Waals surface area contributed by atoms with Gasteiger partial charge in [0.2, 0.25) is 5.95 Å². The molecule has 1 unspecified atom stereocenters. The molecule has 4 rings (SSSR count). The Balaban J connectivity index is 1.69. The average Bonchev–Trinajstić information content (AvgIpc) is 3.07. The summed E-state index contributed by atoms with van der Waals surface area (Å²) in [6.07, 6.45) is 2.42.